The number of carbonyl (C=O) groups is 1. The van der Waals surface area contributed by atoms with Crippen LogP contribution in [0.4, 0.5) is 0 Å². The second-order valence-electron chi connectivity index (χ2n) is 7.17. The summed E-state index contributed by atoms with van der Waals surface area (Å²) in [4.78, 5) is 31.3. The average Bonchev–Trinajstić information content (AvgIpc) is 3.07. The van der Waals surface area contributed by atoms with Crippen LogP contribution < -0.4 is 14.9 Å². The van der Waals surface area contributed by atoms with Crippen LogP contribution in [0, 0.1) is 0 Å². The fourth-order valence-corrected chi connectivity index (χ4v) is 5.00. The lowest BCUT2D eigenvalue weighted by Gasteiger charge is -2.21. The highest BCUT2D eigenvalue weighted by Gasteiger charge is 2.30. The van der Waals surface area contributed by atoms with E-state index in [1.807, 2.05) is 72.8 Å². The Morgan fingerprint density at radius 3 is 2.66 bits per heavy atom. The zero-order chi connectivity index (χ0) is 22.7. The topological polar surface area (TPSA) is 60.7 Å². The summed E-state index contributed by atoms with van der Waals surface area (Å²) in [5.41, 5.74) is 2.62. The molecule has 32 heavy (non-hydrogen) atoms. The van der Waals surface area contributed by atoms with Gasteiger partial charge in [-0.2, -0.15) is 0 Å². The first kappa shape index (κ1) is 22.2. The Hall–Kier alpha value is -3.03. The Bertz CT molecular complexity index is 1400. The number of carbonyl (C=O) groups excluding carboxylic acids is 1. The lowest BCUT2D eigenvalue weighted by molar-refractivity contribution is -0.139. The molecule has 2 aromatic carbocycles. The third kappa shape index (κ3) is 4.59. The molecule has 0 saturated carbocycles. The minimum atomic E-state index is -0.602. The number of ether oxygens (including phenoxy) is 1. The van der Waals surface area contributed by atoms with E-state index in [0.717, 1.165) is 15.6 Å². The van der Waals surface area contributed by atoms with Gasteiger partial charge in [-0.25, -0.2) is 9.79 Å². The number of hydrogen-bond donors (Lipinski definition) is 0. The third-order valence-corrected chi connectivity index (χ3v) is 6.45. The van der Waals surface area contributed by atoms with Crippen molar-refractivity contribution in [3.05, 3.63) is 107 Å². The van der Waals surface area contributed by atoms with E-state index in [9.17, 15) is 9.59 Å². The first-order valence-corrected chi connectivity index (χ1v) is 11.8. The summed E-state index contributed by atoms with van der Waals surface area (Å²) in [6, 6.07) is 16.9. The summed E-state index contributed by atoms with van der Waals surface area (Å²) in [6.07, 6.45) is 5.62. The molecule has 0 saturated heterocycles. The number of esters is 1. The van der Waals surface area contributed by atoms with Crippen molar-refractivity contribution in [3.8, 4) is 0 Å². The molecule has 1 aliphatic heterocycles. The van der Waals surface area contributed by atoms with E-state index >= 15 is 0 Å². The molecule has 3 aromatic rings. The fraction of sp³-hybridized carbons (Fsp3) is 0.160. The number of allylic oxidation sites excluding steroid dienone is 2. The smallest absolute Gasteiger partial charge is 0.338 e. The Kier molecular flexibility index (Phi) is 6.67. The van der Waals surface area contributed by atoms with Gasteiger partial charge in [0.05, 0.1) is 28.5 Å². The molecule has 4 rings (SSSR count). The highest BCUT2D eigenvalue weighted by atomic mass is 79.9. The molecule has 0 radical (unpaired) electrons. The van der Waals surface area contributed by atoms with E-state index in [4.69, 9.17) is 4.74 Å². The van der Waals surface area contributed by atoms with Crippen molar-refractivity contribution in [2.24, 2.45) is 4.99 Å². The zero-order valence-electron chi connectivity index (χ0n) is 17.6. The zero-order valence-corrected chi connectivity index (χ0v) is 20.0. The van der Waals surface area contributed by atoms with Gasteiger partial charge in [-0.1, -0.05) is 81.9 Å². The standard InChI is InChI=1S/C25H21BrN2O3S/c1-3-31-24(30)22-16(2)27-25-28(20(22)13-12-17-8-5-4-6-9-17)23(29)21(32-25)15-18-10-7-11-19(26)14-18/h4-15,20H,3H2,1-2H3/b13-12+,21-15-/t20-/m0/s1. The first-order valence-electron chi connectivity index (χ1n) is 10.2. The molecule has 1 aliphatic rings. The van der Waals surface area contributed by atoms with Gasteiger partial charge in [-0.15, -0.1) is 0 Å². The number of thiazole rings is 1. The molecule has 7 heteroatoms. The SMILES string of the molecule is CCOC(=O)C1=C(C)N=c2s/c(=C\c3cccc(Br)c3)c(=O)n2[C@H]1/C=C/c1ccccc1. The largest absolute Gasteiger partial charge is 0.463 e. The third-order valence-electron chi connectivity index (χ3n) is 4.98. The number of fused-ring (bicyclic) bond motifs is 1. The van der Waals surface area contributed by atoms with Crippen molar-refractivity contribution in [1.82, 2.24) is 4.57 Å². The molecule has 5 nitrogen and oxygen atoms in total. The maximum atomic E-state index is 13.4. The van der Waals surface area contributed by atoms with Crippen molar-refractivity contribution >= 4 is 45.4 Å². The molecule has 0 amide bonds. The van der Waals surface area contributed by atoms with Gasteiger partial charge < -0.3 is 4.74 Å². The molecular weight excluding hydrogens is 488 g/mol. The number of benzene rings is 2. The molecule has 2 heterocycles. The number of aromatic nitrogens is 1. The van der Waals surface area contributed by atoms with Crippen LogP contribution in [0.25, 0.3) is 12.2 Å². The summed E-state index contributed by atoms with van der Waals surface area (Å²) in [5, 5.41) is 0. The van der Waals surface area contributed by atoms with Crippen LogP contribution in [-0.4, -0.2) is 17.1 Å². The minimum absolute atomic E-state index is 0.189. The van der Waals surface area contributed by atoms with E-state index in [2.05, 4.69) is 20.9 Å². The molecule has 0 unspecified atom stereocenters. The molecule has 0 N–H and O–H groups in total. The maximum absolute atomic E-state index is 13.4. The molecule has 1 atom stereocenters. The van der Waals surface area contributed by atoms with Crippen molar-refractivity contribution in [1.29, 1.82) is 0 Å². The Morgan fingerprint density at radius 2 is 1.94 bits per heavy atom. The monoisotopic (exact) mass is 508 g/mol. The van der Waals surface area contributed by atoms with E-state index in [1.165, 1.54) is 11.3 Å². The van der Waals surface area contributed by atoms with Crippen molar-refractivity contribution < 1.29 is 9.53 Å². The van der Waals surface area contributed by atoms with E-state index in [1.54, 1.807) is 18.4 Å². The minimum Gasteiger partial charge on any atom is -0.463 e. The van der Waals surface area contributed by atoms with Crippen LogP contribution in [0.3, 0.4) is 0 Å². The van der Waals surface area contributed by atoms with Crippen LogP contribution in [0.5, 0.6) is 0 Å². The van der Waals surface area contributed by atoms with Gasteiger partial charge >= 0.3 is 5.97 Å². The van der Waals surface area contributed by atoms with Gasteiger partial charge in [-0.3, -0.25) is 9.36 Å². The summed E-state index contributed by atoms with van der Waals surface area (Å²) >= 11 is 4.78. The second kappa shape index (κ2) is 9.63. The fourth-order valence-electron chi connectivity index (χ4n) is 3.53. The van der Waals surface area contributed by atoms with Gasteiger partial charge in [0.1, 0.15) is 0 Å². The summed E-state index contributed by atoms with van der Waals surface area (Å²) in [7, 11) is 0. The van der Waals surface area contributed by atoms with Gasteiger partial charge in [0.2, 0.25) is 0 Å². The molecule has 162 valence electrons. The summed E-state index contributed by atoms with van der Waals surface area (Å²) in [5.74, 6) is -0.460. The van der Waals surface area contributed by atoms with Gasteiger partial charge in [-0.05, 0) is 43.2 Å². The van der Waals surface area contributed by atoms with E-state index in [-0.39, 0.29) is 12.2 Å². The number of rotatable bonds is 5. The molecule has 0 fully saturated rings. The molecule has 0 spiro atoms. The Labute approximate surface area is 197 Å². The van der Waals surface area contributed by atoms with Crippen molar-refractivity contribution in [2.45, 2.75) is 19.9 Å². The van der Waals surface area contributed by atoms with E-state index in [0.29, 0.717) is 20.6 Å². The van der Waals surface area contributed by atoms with Crippen LogP contribution in [-0.2, 0) is 9.53 Å². The van der Waals surface area contributed by atoms with Crippen molar-refractivity contribution in [2.75, 3.05) is 6.61 Å². The maximum Gasteiger partial charge on any atom is 0.338 e. The predicted octanol–water partition coefficient (Wildman–Crippen LogP) is 4.23. The van der Waals surface area contributed by atoms with E-state index < -0.39 is 12.0 Å². The van der Waals surface area contributed by atoms with Crippen LogP contribution in [0.15, 0.2) is 86.2 Å². The Balaban J connectivity index is 1.88. The van der Waals surface area contributed by atoms with Crippen molar-refractivity contribution in [3.63, 3.8) is 0 Å². The Morgan fingerprint density at radius 1 is 1.19 bits per heavy atom. The lowest BCUT2D eigenvalue weighted by Crippen LogP contribution is -2.38. The molecular formula is C25H21BrN2O3S. The first-order chi connectivity index (χ1) is 15.5. The van der Waals surface area contributed by atoms with Crippen LogP contribution in [0.1, 0.15) is 31.0 Å². The lowest BCUT2D eigenvalue weighted by atomic mass is 10.0. The molecule has 0 bridgehead atoms. The number of halogens is 1. The normalized spacial score (nSPS) is 16.2. The number of hydrogen-bond acceptors (Lipinski definition) is 5. The number of nitrogens with zero attached hydrogens (tertiary/aromatic N) is 2. The summed E-state index contributed by atoms with van der Waals surface area (Å²) in [6.45, 7) is 3.79. The summed E-state index contributed by atoms with van der Waals surface area (Å²) < 4.78 is 8.35. The average molecular weight is 509 g/mol. The second-order valence-corrected chi connectivity index (χ2v) is 9.09. The molecule has 1 aromatic heterocycles. The molecule has 0 aliphatic carbocycles. The highest BCUT2D eigenvalue weighted by molar-refractivity contribution is 9.10. The van der Waals surface area contributed by atoms with Crippen LogP contribution >= 0.6 is 27.3 Å². The van der Waals surface area contributed by atoms with Gasteiger partial charge in [0, 0.05) is 4.47 Å². The quantitative estimate of drug-likeness (QED) is 0.484. The van der Waals surface area contributed by atoms with Crippen LogP contribution in [0.2, 0.25) is 0 Å². The predicted molar refractivity (Wildman–Crippen MR) is 131 cm³/mol. The highest BCUT2D eigenvalue weighted by Crippen LogP contribution is 2.26. The van der Waals surface area contributed by atoms with Gasteiger partial charge in [0.15, 0.2) is 4.80 Å². The van der Waals surface area contributed by atoms with Gasteiger partial charge in [0.25, 0.3) is 5.56 Å².